The van der Waals surface area contributed by atoms with Crippen LogP contribution in [0.25, 0.3) is 10.8 Å². The van der Waals surface area contributed by atoms with Gasteiger partial charge in [0.2, 0.25) is 0 Å². The molecule has 5 aromatic rings. The fourth-order valence-corrected chi connectivity index (χ4v) is 6.31. The van der Waals surface area contributed by atoms with E-state index in [-0.39, 0.29) is 4.90 Å². The van der Waals surface area contributed by atoms with Crippen molar-refractivity contribution in [2.75, 3.05) is 9.62 Å². The molecule has 0 saturated heterocycles. The minimum atomic E-state index is -4.00. The van der Waals surface area contributed by atoms with Gasteiger partial charge in [-0.15, -0.1) is 0 Å². The molecule has 2 amide bonds. The molecule has 6 rings (SSSR count). The highest BCUT2D eigenvalue weighted by Crippen LogP contribution is 2.36. The first kappa shape index (κ1) is 24.5. The van der Waals surface area contributed by atoms with E-state index in [1.807, 2.05) is 54.2 Å². The van der Waals surface area contributed by atoms with Gasteiger partial charge in [-0.2, -0.15) is 0 Å². The van der Waals surface area contributed by atoms with E-state index >= 15 is 0 Å². The smallest absolute Gasteiger partial charge is 0.266 e. The molecule has 1 aromatic heterocycles. The second-order valence-electron chi connectivity index (χ2n) is 9.42. The highest BCUT2D eigenvalue weighted by Gasteiger charge is 2.37. The lowest BCUT2D eigenvalue weighted by atomic mass is 10.1. The maximum absolute atomic E-state index is 13.6. The van der Waals surface area contributed by atoms with Gasteiger partial charge in [-0.05, 0) is 31.2 Å². The lowest BCUT2D eigenvalue weighted by Crippen LogP contribution is -2.34. The number of amides is 2. The summed E-state index contributed by atoms with van der Waals surface area (Å²) in [5, 5.41) is 0.896. The molecular weight excluding hydrogens is 510 g/mol. The SMILES string of the molecule is Cc1c[n+](Cc2ccccc2)ccc1NS(=O)(=O)c1ccc(N2C(=O)c3ccccc3C2=O)c2ccccc12. The third-order valence-corrected chi connectivity index (χ3v) is 8.28. The summed E-state index contributed by atoms with van der Waals surface area (Å²) in [4.78, 5) is 27.4. The van der Waals surface area contributed by atoms with E-state index in [1.54, 1.807) is 54.6 Å². The minimum absolute atomic E-state index is 0.0545. The third kappa shape index (κ3) is 4.34. The van der Waals surface area contributed by atoms with Gasteiger partial charge in [0.15, 0.2) is 18.9 Å². The second kappa shape index (κ2) is 9.49. The van der Waals surface area contributed by atoms with E-state index < -0.39 is 21.8 Å². The number of aromatic nitrogens is 1. The molecule has 0 fully saturated rings. The number of nitrogens with zero attached hydrogens (tertiary/aromatic N) is 2. The number of nitrogens with one attached hydrogen (secondary N) is 1. The van der Waals surface area contributed by atoms with Crippen molar-refractivity contribution in [3.63, 3.8) is 0 Å². The van der Waals surface area contributed by atoms with E-state index in [2.05, 4.69) is 4.72 Å². The molecule has 1 aliphatic rings. The number of hydrogen-bond acceptors (Lipinski definition) is 4. The molecule has 39 heavy (non-hydrogen) atoms. The molecule has 0 radical (unpaired) electrons. The number of rotatable bonds is 6. The van der Waals surface area contributed by atoms with Gasteiger partial charge in [-0.3, -0.25) is 14.3 Å². The topological polar surface area (TPSA) is 87.4 Å². The Morgan fingerprint density at radius 2 is 1.36 bits per heavy atom. The number of imide groups is 1. The Kier molecular flexibility index (Phi) is 5.96. The van der Waals surface area contributed by atoms with Crippen LogP contribution >= 0.6 is 0 Å². The lowest BCUT2D eigenvalue weighted by Gasteiger charge is -2.19. The standard InChI is InChI=1S/C31H23N3O4S/c1-21-19-33(20-22-9-3-2-4-10-22)18-17-27(21)32-39(37,38)29-16-15-28(23-11-5-6-12-24(23)29)34-30(35)25-13-7-8-14-26(25)31(34)36/h2-19H,20H2,1H3/p+1. The molecule has 8 heteroatoms. The van der Waals surface area contributed by atoms with Crippen LogP contribution in [0.1, 0.15) is 31.8 Å². The summed E-state index contributed by atoms with van der Waals surface area (Å²) >= 11 is 0. The third-order valence-electron chi connectivity index (χ3n) is 6.85. The van der Waals surface area contributed by atoms with Gasteiger partial charge in [-0.1, -0.05) is 66.7 Å². The van der Waals surface area contributed by atoms with Crippen LogP contribution in [0.15, 0.2) is 114 Å². The van der Waals surface area contributed by atoms with Crippen LogP contribution in [0.5, 0.6) is 0 Å². The van der Waals surface area contributed by atoms with Gasteiger partial charge in [0.1, 0.15) is 0 Å². The predicted molar refractivity (Wildman–Crippen MR) is 149 cm³/mol. The van der Waals surface area contributed by atoms with Gasteiger partial charge in [0.25, 0.3) is 21.8 Å². The van der Waals surface area contributed by atoms with Crippen LogP contribution in [0.2, 0.25) is 0 Å². The highest BCUT2D eigenvalue weighted by molar-refractivity contribution is 7.93. The molecule has 192 valence electrons. The Labute approximate surface area is 226 Å². The number of aryl methyl sites for hydroxylation is 1. The summed E-state index contributed by atoms with van der Waals surface area (Å²) in [6.07, 6.45) is 3.73. The van der Waals surface area contributed by atoms with Crippen LogP contribution in [0, 0.1) is 6.92 Å². The lowest BCUT2D eigenvalue weighted by molar-refractivity contribution is -0.688. The van der Waals surface area contributed by atoms with E-state index in [0.29, 0.717) is 39.8 Å². The molecule has 4 aromatic carbocycles. The first-order chi connectivity index (χ1) is 18.8. The van der Waals surface area contributed by atoms with Crippen LogP contribution in [0.4, 0.5) is 11.4 Å². The largest absolute Gasteiger partial charge is 0.279 e. The van der Waals surface area contributed by atoms with Crippen LogP contribution < -0.4 is 14.2 Å². The van der Waals surface area contributed by atoms with E-state index in [0.717, 1.165) is 16.0 Å². The van der Waals surface area contributed by atoms with Gasteiger partial charge in [-0.25, -0.2) is 17.9 Å². The number of carbonyl (C=O) groups is 2. The number of hydrogen-bond donors (Lipinski definition) is 1. The van der Waals surface area contributed by atoms with Gasteiger partial charge < -0.3 is 0 Å². The van der Waals surface area contributed by atoms with Crippen molar-refractivity contribution >= 4 is 44.0 Å². The molecular formula is C31H24N3O4S+. The van der Waals surface area contributed by atoms with Crippen molar-refractivity contribution in [2.45, 2.75) is 18.4 Å². The van der Waals surface area contributed by atoms with Crippen LogP contribution in [-0.2, 0) is 16.6 Å². The maximum Gasteiger partial charge on any atom is 0.266 e. The molecule has 2 heterocycles. The Bertz CT molecular complexity index is 1850. The average Bonchev–Trinajstić information content (AvgIpc) is 3.19. The molecule has 0 saturated carbocycles. The van der Waals surface area contributed by atoms with E-state index in [4.69, 9.17) is 0 Å². The Morgan fingerprint density at radius 1 is 0.744 bits per heavy atom. The van der Waals surface area contributed by atoms with Crippen LogP contribution in [0.3, 0.4) is 0 Å². The molecule has 0 bridgehead atoms. The fourth-order valence-electron chi connectivity index (χ4n) is 4.96. The fraction of sp³-hybridized carbons (Fsp3) is 0.0645. The Hall–Kier alpha value is -4.82. The number of anilines is 2. The highest BCUT2D eigenvalue weighted by atomic mass is 32.2. The summed E-state index contributed by atoms with van der Waals surface area (Å²) in [7, 11) is -4.00. The zero-order valence-corrected chi connectivity index (χ0v) is 21.9. The molecule has 0 spiro atoms. The van der Waals surface area contributed by atoms with Gasteiger partial charge in [0.05, 0.1) is 27.4 Å². The molecule has 0 atom stereocenters. The summed E-state index contributed by atoms with van der Waals surface area (Å²) in [6, 6.07) is 28.2. The first-order valence-corrected chi connectivity index (χ1v) is 13.9. The molecule has 0 aliphatic carbocycles. The van der Waals surface area contributed by atoms with Crippen LogP contribution in [-0.4, -0.2) is 20.2 Å². The zero-order valence-electron chi connectivity index (χ0n) is 21.0. The molecule has 1 N–H and O–H groups in total. The first-order valence-electron chi connectivity index (χ1n) is 12.4. The average molecular weight is 535 g/mol. The number of benzene rings is 4. The Balaban J connectivity index is 1.34. The predicted octanol–water partition coefficient (Wildman–Crippen LogP) is 5.09. The number of fused-ring (bicyclic) bond motifs is 2. The number of sulfonamides is 1. The normalized spacial score (nSPS) is 13.1. The minimum Gasteiger partial charge on any atom is -0.279 e. The van der Waals surface area contributed by atoms with Crippen molar-refractivity contribution in [2.24, 2.45) is 0 Å². The maximum atomic E-state index is 13.6. The molecule has 1 aliphatic heterocycles. The zero-order chi connectivity index (χ0) is 27.1. The van der Waals surface area contributed by atoms with Crippen molar-refractivity contribution in [3.8, 4) is 0 Å². The van der Waals surface area contributed by atoms with Gasteiger partial charge in [0, 0.05) is 28.0 Å². The second-order valence-corrected chi connectivity index (χ2v) is 11.1. The quantitative estimate of drug-likeness (QED) is 0.243. The van der Waals surface area contributed by atoms with Crippen molar-refractivity contribution < 1.29 is 22.6 Å². The van der Waals surface area contributed by atoms with Crippen molar-refractivity contribution in [3.05, 3.63) is 132 Å². The summed E-state index contributed by atoms with van der Waals surface area (Å²) in [6.45, 7) is 2.52. The van der Waals surface area contributed by atoms with E-state index in [9.17, 15) is 18.0 Å². The van der Waals surface area contributed by atoms with E-state index in [1.165, 1.54) is 12.1 Å². The number of pyridine rings is 1. The summed E-state index contributed by atoms with van der Waals surface area (Å²) in [5.74, 6) is -0.864. The monoisotopic (exact) mass is 534 g/mol. The van der Waals surface area contributed by atoms with Crippen molar-refractivity contribution in [1.82, 2.24) is 0 Å². The molecule has 0 unspecified atom stereocenters. The molecule has 7 nitrogen and oxygen atoms in total. The number of carbonyl (C=O) groups excluding carboxylic acids is 2. The summed E-state index contributed by atoms with van der Waals surface area (Å²) < 4.78 is 31.9. The summed E-state index contributed by atoms with van der Waals surface area (Å²) in [5.41, 5.74) is 3.37. The van der Waals surface area contributed by atoms with Crippen molar-refractivity contribution in [1.29, 1.82) is 0 Å². The van der Waals surface area contributed by atoms with Gasteiger partial charge >= 0.3 is 0 Å². The Morgan fingerprint density at radius 3 is 2.03 bits per heavy atom.